The predicted molar refractivity (Wildman–Crippen MR) is 243 cm³/mol. The topological polar surface area (TPSA) is 61.4 Å². The smallest absolute Gasteiger partial charge is 0.162 e. The lowest BCUT2D eigenvalue weighted by molar-refractivity contribution is 0.653. The third-order valence-corrected chi connectivity index (χ3v) is 12.9. The Morgan fingerprint density at radius 2 is 0.683 bits per heavy atom. The zero-order valence-electron chi connectivity index (χ0n) is 31.7. The normalized spacial score (nSPS) is 12.7. The number of nitrogens with zero attached hydrogens (tertiary/aromatic N) is 2. The lowest BCUT2D eigenvalue weighted by atomic mass is 9.99. The summed E-state index contributed by atoms with van der Waals surface area (Å²) >= 11 is 0. The molecular formula is C54H28N2O4. The summed E-state index contributed by atoms with van der Waals surface area (Å²) < 4.78 is 32.2. The molecule has 0 saturated carbocycles. The Morgan fingerprint density at radius 1 is 0.283 bits per heavy atom. The van der Waals surface area contributed by atoms with Crippen molar-refractivity contribution in [3.63, 3.8) is 0 Å². The Bertz CT molecular complexity index is 4090. The number of para-hydroxylation sites is 8. The van der Waals surface area contributed by atoms with Crippen molar-refractivity contribution in [1.29, 1.82) is 0 Å². The largest absolute Gasteiger partial charge is 0.455 e. The van der Waals surface area contributed by atoms with Crippen molar-refractivity contribution in [3.05, 3.63) is 170 Å². The van der Waals surface area contributed by atoms with E-state index in [0.29, 0.717) is 0 Å². The maximum Gasteiger partial charge on any atom is 0.162 e. The first-order valence-corrected chi connectivity index (χ1v) is 20.2. The van der Waals surface area contributed by atoms with Crippen molar-refractivity contribution in [2.75, 3.05) is 0 Å². The van der Waals surface area contributed by atoms with Gasteiger partial charge >= 0.3 is 0 Å². The molecule has 0 unspecified atom stereocenters. The van der Waals surface area contributed by atoms with Crippen LogP contribution >= 0.6 is 0 Å². The van der Waals surface area contributed by atoms with Crippen molar-refractivity contribution in [1.82, 2.24) is 8.80 Å². The summed E-state index contributed by atoms with van der Waals surface area (Å²) in [6.07, 6.45) is 0. The average molecular weight is 769 g/mol. The van der Waals surface area contributed by atoms with Crippen LogP contribution in [0.3, 0.4) is 0 Å². The van der Waals surface area contributed by atoms with Gasteiger partial charge < -0.3 is 26.5 Å². The highest BCUT2D eigenvalue weighted by molar-refractivity contribution is 6.35. The molecule has 0 atom stereocenters. The van der Waals surface area contributed by atoms with E-state index in [1.165, 1.54) is 0 Å². The summed E-state index contributed by atoms with van der Waals surface area (Å²) in [5.74, 6) is 0. The van der Waals surface area contributed by atoms with Crippen LogP contribution < -0.4 is 0 Å². The van der Waals surface area contributed by atoms with Gasteiger partial charge in [-0.3, -0.25) is 0 Å². The first-order valence-electron chi connectivity index (χ1n) is 20.2. The van der Waals surface area contributed by atoms with E-state index in [4.69, 9.17) is 17.7 Å². The van der Waals surface area contributed by atoms with E-state index in [1.54, 1.807) is 0 Å². The number of hydrogen-bond acceptors (Lipinski definition) is 4. The lowest BCUT2D eigenvalue weighted by Crippen LogP contribution is -1.93. The number of benzene rings is 9. The van der Waals surface area contributed by atoms with E-state index >= 15 is 0 Å². The zero-order valence-corrected chi connectivity index (χ0v) is 31.7. The minimum Gasteiger partial charge on any atom is -0.455 e. The molecule has 0 fully saturated rings. The van der Waals surface area contributed by atoms with Gasteiger partial charge in [0, 0.05) is 43.4 Å². The number of hydrogen-bond donors (Lipinski definition) is 0. The molecule has 278 valence electrons. The highest BCUT2D eigenvalue weighted by Gasteiger charge is 2.28. The molecule has 0 aliphatic heterocycles. The fourth-order valence-electron chi connectivity index (χ4n) is 10.4. The van der Waals surface area contributed by atoms with Crippen molar-refractivity contribution < 1.29 is 17.7 Å². The highest BCUT2D eigenvalue weighted by atomic mass is 16.3. The number of fused-ring (bicyclic) bond motifs is 18. The first kappa shape index (κ1) is 30.9. The van der Waals surface area contributed by atoms with Gasteiger partial charge in [-0.2, -0.15) is 0 Å². The number of aromatic nitrogens is 2. The van der Waals surface area contributed by atoms with Gasteiger partial charge in [-0.25, -0.2) is 0 Å². The van der Waals surface area contributed by atoms with Gasteiger partial charge in [0.2, 0.25) is 0 Å². The fraction of sp³-hybridized carbons (Fsp3) is 0. The third kappa shape index (κ3) is 3.75. The van der Waals surface area contributed by atoms with Crippen LogP contribution in [0.15, 0.2) is 188 Å². The monoisotopic (exact) mass is 768 g/mol. The van der Waals surface area contributed by atoms with Gasteiger partial charge in [0.05, 0.1) is 32.8 Å². The quantitative estimate of drug-likeness (QED) is 0.164. The second-order valence-electron chi connectivity index (χ2n) is 15.9. The molecule has 0 aliphatic rings. The van der Waals surface area contributed by atoms with Crippen LogP contribution in [0.2, 0.25) is 0 Å². The fourth-order valence-corrected chi connectivity index (χ4v) is 10.4. The molecule has 0 amide bonds. The Morgan fingerprint density at radius 3 is 1.17 bits per heavy atom. The Kier molecular flexibility index (Phi) is 5.57. The van der Waals surface area contributed by atoms with Crippen LogP contribution in [-0.4, -0.2) is 8.80 Å². The minimum atomic E-state index is 0.802. The molecule has 6 nitrogen and oxygen atoms in total. The van der Waals surface area contributed by atoms with E-state index in [9.17, 15) is 0 Å². The maximum absolute atomic E-state index is 7.16. The zero-order chi connectivity index (χ0) is 38.8. The van der Waals surface area contributed by atoms with Crippen LogP contribution in [0.1, 0.15) is 0 Å². The summed E-state index contributed by atoms with van der Waals surface area (Å²) in [5.41, 5.74) is 17.0. The molecule has 0 spiro atoms. The molecule has 15 aromatic rings. The van der Waals surface area contributed by atoms with Crippen molar-refractivity contribution in [2.45, 2.75) is 0 Å². The minimum absolute atomic E-state index is 0.802. The standard InChI is InChI=1S/C54H28N2O4/c1-5-19-43-33(11-1)35-15-9-13-31(51(35)57-43)29-23-25-39-37(27-29)47-49-54(60-45-21-7-3-17-41(45)55(39)49)48-38-28-30(32-14-10-16-36-34-12-2-6-20-44(34)58-52(32)36)24-26-40(38)56-42-18-4-8-22-46(42)59-53(47)50(48)56/h1-28H. The molecule has 9 aromatic carbocycles. The second-order valence-corrected chi connectivity index (χ2v) is 15.9. The van der Waals surface area contributed by atoms with Crippen molar-refractivity contribution in [2.24, 2.45) is 0 Å². The predicted octanol–water partition coefficient (Wildman–Crippen LogP) is 15.4. The number of rotatable bonds is 2. The lowest BCUT2D eigenvalue weighted by Gasteiger charge is -2.11. The SMILES string of the molecule is c1ccc2c(c1)oc1c(-c3ccc4c(c3)c3c5oc6ccccc6n6c7ccc(-c8cccc9c8oc8ccccc89)cc7c(c7oc8ccccc8n4c73)c56)cccc12. The van der Waals surface area contributed by atoms with Gasteiger partial charge in [-0.1, -0.05) is 109 Å². The molecule has 15 rings (SSSR count). The number of furan rings is 2. The maximum atomic E-state index is 7.16. The molecule has 0 bridgehead atoms. The van der Waals surface area contributed by atoms with E-state index in [2.05, 4.69) is 142 Å². The van der Waals surface area contributed by atoms with Crippen molar-refractivity contribution >= 4 is 121 Å². The summed E-state index contributed by atoms with van der Waals surface area (Å²) in [7, 11) is 0. The van der Waals surface area contributed by atoms with Crippen LogP contribution in [0.25, 0.3) is 143 Å². The van der Waals surface area contributed by atoms with Crippen molar-refractivity contribution in [3.8, 4) is 22.3 Å². The van der Waals surface area contributed by atoms with E-state index in [-0.39, 0.29) is 0 Å². The molecule has 60 heavy (non-hydrogen) atoms. The summed E-state index contributed by atoms with van der Waals surface area (Å²) in [5, 5.41) is 8.58. The van der Waals surface area contributed by atoms with Crippen LogP contribution in [0, 0.1) is 0 Å². The van der Waals surface area contributed by atoms with E-state index < -0.39 is 0 Å². The van der Waals surface area contributed by atoms with Gasteiger partial charge in [-0.05, 0) is 71.8 Å². The van der Waals surface area contributed by atoms with Gasteiger partial charge in [-0.15, -0.1) is 0 Å². The molecule has 0 N–H and O–H groups in total. The van der Waals surface area contributed by atoms with E-state index in [1.807, 2.05) is 36.4 Å². The Balaban J connectivity index is 1.12. The summed E-state index contributed by atoms with van der Waals surface area (Å²) in [6.45, 7) is 0. The van der Waals surface area contributed by atoms with Crippen LogP contribution in [0.4, 0.5) is 0 Å². The molecule has 0 aliphatic carbocycles. The molecule has 6 heterocycles. The molecule has 6 aromatic heterocycles. The Labute approximate surface area is 338 Å². The summed E-state index contributed by atoms with van der Waals surface area (Å²) in [6, 6.07) is 59.5. The van der Waals surface area contributed by atoms with E-state index in [0.717, 1.165) is 143 Å². The van der Waals surface area contributed by atoms with Gasteiger partial charge in [0.15, 0.2) is 22.3 Å². The molecular weight excluding hydrogens is 741 g/mol. The van der Waals surface area contributed by atoms with Gasteiger partial charge in [0.1, 0.15) is 33.4 Å². The summed E-state index contributed by atoms with van der Waals surface area (Å²) in [4.78, 5) is 0. The molecule has 0 radical (unpaired) electrons. The van der Waals surface area contributed by atoms with Gasteiger partial charge in [0.25, 0.3) is 0 Å². The molecule has 0 saturated heterocycles. The Hall–Kier alpha value is -8.22. The second kappa shape index (κ2) is 10.8. The van der Waals surface area contributed by atoms with Crippen LogP contribution in [-0.2, 0) is 0 Å². The third-order valence-electron chi connectivity index (χ3n) is 12.9. The molecule has 6 heteroatoms. The highest BCUT2D eigenvalue weighted by Crippen LogP contribution is 2.49. The first-order chi connectivity index (χ1) is 29.8. The van der Waals surface area contributed by atoms with Crippen LogP contribution in [0.5, 0.6) is 0 Å². The average Bonchev–Trinajstić information content (AvgIpc) is 4.06.